The number of aromatic nitrogens is 2. The van der Waals surface area contributed by atoms with Gasteiger partial charge in [0.15, 0.2) is 0 Å². The lowest BCUT2D eigenvalue weighted by Gasteiger charge is -2.11. The third-order valence-electron chi connectivity index (χ3n) is 11.8. The first kappa shape index (κ1) is 32.1. The van der Waals surface area contributed by atoms with Crippen molar-refractivity contribution in [1.29, 1.82) is 0 Å². The zero-order valence-electron chi connectivity index (χ0n) is 30.9. The lowest BCUT2D eigenvalue weighted by Crippen LogP contribution is -1.94. The molecule has 0 fully saturated rings. The van der Waals surface area contributed by atoms with Gasteiger partial charge in [-0.2, -0.15) is 0 Å². The van der Waals surface area contributed by atoms with Gasteiger partial charge in [-0.15, -0.1) is 11.3 Å². The van der Waals surface area contributed by atoms with Crippen LogP contribution in [0.5, 0.6) is 0 Å². The predicted molar refractivity (Wildman–Crippen MR) is 244 cm³/mol. The molecule has 3 heteroatoms. The van der Waals surface area contributed by atoms with E-state index in [4.69, 9.17) is 0 Å². The predicted octanol–water partition coefficient (Wildman–Crippen LogP) is 15.2. The largest absolute Gasteiger partial charge is 0.309 e. The molecule has 0 spiro atoms. The fourth-order valence-electron chi connectivity index (χ4n) is 9.19. The molecule has 3 aromatic heterocycles. The maximum atomic E-state index is 2.42. The molecular formula is C54H34N2S. The summed E-state index contributed by atoms with van der Waals surface area (Å²) >= 11 is 1.87. The summed E-state index contributed by atoms with van der Waals surface area (Å²) in [6.07, 6.45) is 0. The second kappa shape index (κ2) is 12.7. The monoisotopic (exact) mass is 742 g/mol. The van der Waals surface area contributed by atoms with E-state index in [1.165, 1.54) is 103 Å². The van der Waals surface area contributed by atoms with Crippen molar-refractivity contribution in [3.63, 3.8) is 0 Å². The van der Waals surface area contributed by atoms with Gasteiger partial charge in [-0.1, -0.05) is 146 Å². The highest BCUT2D eigenvalue weighted by molar-refractivity contribution is 7.25. The number of hydrogen-bond donors (Lipinski definition) is 0. The quantitative estimate of drug-likeness (QED) is 0.166. The van der Waals surface area contributed by atoms with Crippen LogP contribution >= 0.6 is 11.3 Å². The minimum absolute atomic E-state index is 1.15. The van der Waals surface area contributed by atoms with Gasteiger partial charge in [0.1, 0.15) is 0 Å². The lowest BCUT2D eigenvalue weighted by atomic mass is 9.97. The molecule has 12 aromatic rings. The Morgan fingerprint density at radius 1 is 0.281 bits per heavy atom. The Kier molecular flexibility index (Phi) is 7.13. The normalized spacial score (nSPS) is 11.9. The maximum Gasteiger partial charge on any atom is 0.0547 e. The molecular weight excluding hydrogens is 709 g/mol. The summed E-state index contributed by atoms with van der Waals surface area (Å²) in [6, 6.07) is 75.6. The van der Waals surface area contributed by atoms with Gasteiger partial charge in [-0.05, 0) is 94.0 Å². The molecule has 0 aliphatic carbocycles. The van der Waals surface area contributed by atoms with Gasteiger partial charge in [0.25, 0.3) is 0 Å². The van der Waals surface area contributed by atoms with Crippen molar-refractivity contribution in [2.24, 2.45) is 0 Å². The van der Waals surface area contributed by atoms with Crippen molar-refractivity contribution in [2.75, 3.05) is 0 Å². The molecule has 9 aromatic carbocycles. The van der Waals surface area contributed by atoms with E-state index in [0.29, 0.717) is 0 Å². The van der Waals surface area contributed by atoms with Crippen LogP contribution in [-0.4, -0.2) is 9.13 Å². The van der Waals surface area contributed by atoms with Gasteiger partial charge in [-0.25, -0.2) is 0 Å². The Hall–Kier alpha value is -7.20. The van der Waals surface area contributed by atoms with Crippen molar-refractivity contribution in [3.8, 4) is 44.8 Å². The molecule has 3 heterocycles. The van der Waals surface area contributed by atoms with Gasteiger partial charge in [0.05, 0.1) is 22.1 Å². The summed E-state index contributed by atoms with van der Waals surface area (Å²) in [6.45, 7) is 0. The van der Waals surface area contributed by atoms with Crippen molar-refractivity contribution >= 4 is 75.1 Å². The molecule has 0 saturated heterocycles. The summed E-state index contributed by atoms with van der Waals surface area (Å²) in [5, 5.41) is 7.72. The SMILES string of the molecule is c1ccc(-n2c3ccccc3c3ccc(-c4cccc5c4c4ccccc4n5-c4ccc(-c5ccc(-c6cccc7sc8ccccc8c67)cc5)cc4)cc32)cc1. The first-order valence-corrected chi connectivity index (χ1v) is 20.3. The molecule has 0 aliphatic heterocycles. The van der Waals surface area contributed by atoms with Crippen molar-refractivity contribution in [2.45, 2.75) is 0 Å². The number of hydrogen-bond acceptors (Lipinski definition) is 1. The van der Waals surface area contributed by atoms with E-state index in [-0.39, 0.29) is 0 Å². The zero-order valence-corrected chi connectivity index (χ0v) is 31.7. The average molecular weight is 743 g/mol. The molecule has 266 valence electrons. The fraction of sp³-hybridized carbons (Fsp3) is 0. The van der Waals surface area contributed by atoms with E-state index in [9.17, 15) is 0 Å². The van der Waals surface area contributed by atoms with Gasteiger partial charge < -0.3 is 9.13 Å². The smallest absolute Gasteiger partial charge is 0.0547 e. The lowest BCUT2D eigenvalue weighted by molar-refractivity contribution is 1.18. The highest BCUT2D eigenvalue weighted by atomic mass is 32.1. The van der Waals surface area contributed by atoms with Crippen molar-refractivity contribution in [3.05, 3.63) is 206 Å². The maximum absolute atomic E-state index is 2.42. The average Bonchev–Trinajstić information content (AvgIpc) is 3.94. The summed E-state index contributed by atoms with van der Waals surface area (Å²) in [5.41, 5.74) is 14.5. The number of para-hydroxylation sites is 3. The number of nitrogens with zero attached hydrogens (tertiary/aromatic N) is 2. The number of thiophene rings is 1. The fourth-order valence-corrected chi connectivity index (χ4v) is 10.3. The van der Waals surface area contributed by atoms with Crippen LogP contribution < -0.4 is 0 Å². The van der Waals surface area contributed by atoms with Crippen LogP contribution in [0.25, 0.3) is 109 Å². The zero-order chi connectivity index (χ0) is 37.5. The Morgan fingerprint density at radius 3 is 1.58 bits per heavy atom. The molecule has 0 N–H and O–H groups in total. The van der Waals surface area contributed by atoms with Gasteiger partial charge in [0, 0.05) is 53.1 Å². The second-order valence-electron chi connectivity index (χ2n) is 14.9. The molecule has 0 radical (unpaired) electrons. The van der Waals surface area contributed by atoms with Crippen LogP contribution in [0.2, 0.25) is 0 Å². The Morgan fingerprint density at radius 2 is 0.789 bits per heavy atom. The first-order chi connectivity index (χ1) is 28.3. The van der Waals surface area contributed by atoms with Crippen LogP contribution in [-0.2, 0) is 0 Å². The molecule has 0 bridgehead atoms. The van der Waals surface area contributed by atoms with Gasteiger partial charge in [0.2, 0.25) is 0 Å². The third kappa shape index (κ3) is 4.96. The highest BCUT2D eigenvalue weighted by Crippen LogP contribution is 2.42. The van der Waals surface area contributed by atoms with E-state index in [1.54, 1.807) is 0 Å². The van der Waals surface area contributed by atoms with E-state index in [0.717, 1.165) is 5.69 Å². The van der Waals surface area contributed by atoms with E-state index >= 15 is 0 Å². The van der Waals surface area contributed by atoms with Crippen LogP contribution in [0.15, 0.2) is 206 Å². The Bertz CT molecular complexity index is 3490. The van der Waals surface area contributed by atoms with E-state index in [2.05, 4.69) is 215 Å². The molecule has 0 saturated carbocycles. The van der Waals surface area contributed by atoms with Gasteiger partial charge in [-0.3, -0.25) is 0 Å². The molecule has 0 amide bonds. The minimum Gasteiger partial charge on any atom is -0.309 e. The number of fused-ring (bicyclic) bond motifs is 9. The van der Waals surface area contributed by atoms with Crippen molar-refractivity contribution < 1.29 is 0 Å². The summed E-state index contributed by atoms with van der Waals surface area (Å²) in [7, 11) is 0. The van der Waals surface area contributed by atoms with Gasteiger partial charge >= 0.3 is 0 Å². The molecule has 0 unspecified atom stereocenters. The molecule has 57 heavy (non-hydrogen) atoms. The first-order valence-electron chi connectivity index (χ1n) is 19.5. The van der Waals surface area contributed by atoms with Crippen molar-refractivity contribution in [1.82, 2.24) is 9.13 Å². The van der Waals surface area contributed by atoms with Crippen LogP contribution in [0.4, 0.5) is 0 Å². The Balaban J connectivity index is 0.951. The van der Waals surface area contributed by atoms with Crippen LogP contribution in [0, 0.1) is 0 Å². The molecule has 12 rings (SSSR count). The summed E-state index contributed by atoms with van der Waals surface area (Å²) in [4.78, 5) is 0. The summed E-state index contributed by atoms with van der Waals surface area (Å²) in [5.74, 6) is 0. The number of benzene rings is 9. The molecule has 0 aliphatic rings. The topological polar surface area (TPSA) is 9.86 Å². The number of rotatable bonds is 5. The van der Waals surface area contributed by atoms with Crippen LogP contribution in [0.3, 0.4) is 0 Å². The molecule has 0 atom stereocenters. The van der Waals surface area contributed by atoms with Crippen LogP contribution in [0.1, 0.15) is 0 Å². The summed E-state index contributed by atoms with van der Waals surface area (Å²) < 4.78 is 7.49. The third-order valence-corrected chi connectivity index (χ3v) is 12.9. The minimum atomic E-state index is 1.15. The standard InChI is InChI=1S/C54H34N2S/c1-2-12-39(13-3-1)56-47-19-7-4-14-43(47)44-33-30-38(34-50(44)56)42-17-10-21-49-53(42)45-15-5-8-20-48(45)55(49)40-31-28-36(29-32-40)35-24-26-37(27-25-35)41-18-11-23-52-54(41)46-16-6-9-22-51(46)57-52/h1-34H. The Labute approximate surface area is 333 Å². The van der Waals surface area contributed by atoms with E-state index in [1.807, 2.05) is 11.3 Å². The van der Waals surface area contributed by atoms with E-state index < -0.39 is 0 Å². The second-order valence-corrected chi connectivity index (χ2v) is 16.0. The molecule has 2 nitrogen and oxygen atoms in total. The highest BCUT2D eigenvalue weighted by Gasteiger charge is 2.19.